The number of para-hydroxylation sites is 1. The van der Waals surface area contributed by atoms with Gasteiger partial charge in [0.1, 0.15) is 5.75 Å². The molecule has 4 heteroatoms. The zero-order valence-electron chi connectivity index (χ0n) is 8.74. The van der Waals surface area contributed by atoms with Crippen LogP contribution in [0.5, 0.6) is 5.75 Å². The van der Waals surface area contributed by atoms with Crippen molar-refractivity contribution in [1.29, 1.82) is 0 Å². The maximum Gasteiger partial charge on any atom is 0.426 e. The Morgan fingerprint density at radius 1 is 0.882 bits per heavy atom. The maximum atomic E-state index is 13.7. The van der Waals surface area contributed by atoms with Gasteiger partial charge in [-0.25, -0.2) is 0 Å². The van der Waals surface area contributed by atoms with Gasteiger partial charge in [0.15, 0.2) is 0 Å². The van der Waals surface area contributed by atoms with E-state index in [0.717, 1.165) is 0 Å². The molecule has 0 saturated heterocycles. The molecule has 0 aromatic heterocycles. The quantitative estimate of drug-likeness (QED) is 0.785. The van der Waals surface area contributed by atoms with Crippen LogP contribution >= 0.6 is 11.6 Å². The first-order valence-corrected chi connectivity index (χ1v) is 5.34. The third-order valence-corrected chi connectivity index (χ3v) is 2.42. The van der Waals surface area contributed by atoms with Crippen LogP contribution in [0.15, 0.2) is 54.6 Å². The molecule has 2 rings (SSSR count). The minimum atomic E-state index is -3.37. The summed E-state index contributed by atoms with van der Waals surface area (Å²) in [6, 6.07) is 13.2. The van der Waals surface area contributed by atoms with Crippen molar-refractivity contribution < 1.29 is 13.5 Å². The summed E-state index contributed by atoms with van der Waals surface area (Å²) in [5.74, 6) is 0.118. The minimum Gasteiger partial charge on any atom is -0.429 e. The summed E-state index contributed by atoms with van der Waals surface area (Å²) in [6.45, 7) is 0. The fourth-order valence-corrected chi connectivity index (χ4v) is 1.47. The normalized spacial score (nSPS) is 11.2. The highest BCUT2D eigenvalue weighted by atomic mass is 35.5. The van der Waals surface area contributed by atoms with Crippen LogP contribution in [-0.2, 0) is 6.11 Å². The van der Waals surface area contributed by atoms with Crippen molar-refractivity contribution in [2.45, 2.75) is 6.11 Å². The van der Waals surface area contributed by atoms with Crippen LogP contribution in [-0.4, -0.2) is 0 Å². The van der Waals surface area contributed by atoms with Crippen molar-refractivity contribution in [3.8, 4) is 5.75 Å². The summed E-state index contributed by atoms with van der Waals surface area (Å²) in [4.78, 5) is 0. The second-order valence-electron chi connectivity index (χ2n) is 3.44. The van der Waals surface area contributed by atoms with Crippen LogP contribution in [0, 0.1) is 0 Å². The van der Waals surface area contributed by atoms with Gasteiger partial charge in [0.25, 0.3) is 0 Å². The molecule has 0 radical (unpaired) electrons. The van der Waals surface area contributed by atoms with Gasteiger partial charge in [-0.2, -0.15) is 8.78 Å². The third kappa shape index (κ3) is 2.94. The van der Waals surface area contributed by atoms with Crippen molar-refractivity contribution in [3.63, 3.8) is 0 Å². The molecule has 2 aromatic carbocycles. The van der Waals surface area contributed by atoms with Gasteiger partial charge in [-0.1, -0.05) is 29.8 Å². The van der Waals surface area contributed by atoms with Gasteiger partial charge in [0.05, 0.1) is 5.56 Å². The molecule has 0 bridgehead atoms. The average molecular weight is 255 g/mol. The Labute approximate surface area is 103 Å². The van der Waals surface area contributed by atoms with Crippen LogP contribution in [0.2, 0.25) is 5.02 Å². The van der Waals surface area contributed by atoms with Gasteiger partial charge in [0.2, 0.25) is 0 Å². The first-order chi connectivity index (χ1) is 8.08. The molecule has 0 fully saturated rings. The van der Waals surface area contributed by atoms with Crippen LogP contribution < -0.4 is 4.74 Å². The second-order valence-corrected chi connectivity index (χ2v) is 3.88. The molecule has 0 saturated carbocycles. The van der Waals surface area contributed by atoms with Gasteiger partial charge in [-0.3, -0.25) is 0 Å². The Kier molecular flexibility index (Phi) is 3.29. The van der Waals surface area contributed by atoms with Gasteiger partial charge in [-0.15, -0.1) is 0 Å². The predicted octanol–water partition coefficient (Wildman–Crippen LogP) is 4.47. The van der Waals surface area contributed by atoms with Crippen molar-refractivity contribution in [2.75, 3.05) is 0 Å². The van der Waals surface area contributed by atoms with Crippen LogP contribution in [0.3, 0.4) is 0 Å². The van der Waals surface area contributed by atoms with E-state index in [-0.39, 0.29) is 11.3 Å². The predicted molar refractivity (Wildman–Crippen MR) is 62.4 cm³/mol. The van der Waals surface area contributed by atoms with Gasteiger partial charge < -0.3 is 4.74 Å². The highest BCUT2D eigenvalue weighted by Crippen LogP contribution is 2.31. The third-order valence-electron chi connectivity index (χ3n) is 2.17. The maximum absolute atomic E-state index is 13.7. The molecule has 2 aromatic rings. The van der Waals surface area contributed by atoms with Crippen LogP contribution in [0.4, 0.5) is 8.78 Å². The molecular weight excluding hydrogens is 246 g/mol. The van der Waals surface area contributed by atoms with Gasteiger partial charge >= 0.3 is 6.11 Å². The monoisotopic (exact) mass is 254 g/mol. The molecule has 0 aliphatic heterocycles. The van der Waals surface area contributed by atoms with Crippen molar-refractivity contribution in [3.05, 3.63) is 65.2 Å². The molecule has 88 valence electrons. The van der Waals surface area contributed by atoms with Crippen molar-refractivity contribution >= 4 is 11.6 Å². The number of halogens is 3. The molecular formula is C13H9ClF2O. The van der Waals surface area contributed by atoms with Gasteiger partial charge in [-0.05, 0) is 36.4 Å². The molecule has 0 aliphatic carbocycles. The zero-order valence-corrected chi connectivity index (χ0v) is 9.49. The van der Waals surface area contributed by atoms with E-state index in [0.29, 0.717) is 5.02 Å². The lowest BCUT2D eigenvalue weighted by Gasteiger charge is -2.18. The second kappa shape index (κ2) is 4.72. The molecule has 0 N–H and O–H groups in total. The molecule has 0 heterocycles. The summed E-state index contributed by atoms with van der Waals surface area (Å²) < 4.78 is 32.1. The van der Waals surface area contributed by atoms with E-state index in [9.17, 15) is 8.78 Å². The molecule has 17 heavy (non-hydrogen) atoms. The summed E-state index contributed by atoms with van der Waals surface area (Å²) in [5.41, 5.74) is -0.231. The highest BCUT2D eigenvalue weighted by molar-refractivity contribution is 6.30. The summed E-state index contributed by atoms with van der Waals surface area (Å²) in [5, 5.41) is 0.407. The molecule has 0 spiro atoms. The number of benzene rings is 2. The zero-order chi connectivity index (χ0) is 12.3. The van der Waals surface area contributed by atoms with E-state index < -0.39 is 6.11 Å². The standard InChI is InChI=1S/C13H9ClF2O/c14-11-8-6-10(7-9-11)13(15,16)17-12-4-2-1-3-5-12/h1-9H. The Morgan fingerprint density at radius 3 is 2.06 bits per heavy atom. The van der Waals surface area contributed by atoms with Crippen molar-refractivity contribution in [2.24, 2.45) is 0 Å². The number of alkyl halides is 2. The van der Waals surface area contributed by atoms with E-state index in [2.05, 4.69) is 4.74 Å². The van der Waals surface area contributed by atoms with Crippen LogP contribution in [0.25, 0.3) is 0 Å². The number of ether oxygens (including phenoxy) is 1. The first-order valence-electron chi connectivity index (χ1n) is 4.96. The molecule has 1 nitrogen and oxygen atoms in total. The molecule has 0 amide bonds. The Bertz CT molecular complexity index is 483. The molecule has 0 unspecified atom stereocenters. The summed E-state index contributed by atoms with van der Waals surface area (Å²) in [6.07, 6.45) is -3.37. The number of hydrogen-bond donors (Lipinski definition) is 0. The van der Waals surface area contributed by atoms with E-state index in [1.165, 1.54) is 36.4 Å². The average Bonchev–Trinajstić information content (AvgIpc) is 2.30. The van der Waals surface area contributed by atoms with Gasteiger partial charge in [0, 0.05) is 5.02 Å². The molecule has 0 aliphatic rings. The SMILES string of the molecule is FC(F)(Oc1ccccc1)c1ccc(Cl)cc1. The Hall–Kier alpha value is -1.61. The lowest BCUT2D eigenvalue weighted by Crippen LogP contribution is -2.21. The Morgan fingerprint density at radius 2 is 1.47 bits per heavy atom. The Balaban J connectivity index is 2.21. The summed E-state index contributed by atoms with van der Waals surface area (Å²) in [7, 11) is 0. The fourth-order valence-electron chi connectivity index (χ4n) is 1.34. The smallest absolute Gasteiger partial charge is 0.426 e. The molecule has 0 atom stereocenters. The first kappa shape index (κ1) is 11.9. The topological polar surface area (TPSA) is 9.23 Å². The van der Waals surface area contributed by atoms with E-state index in [1.54, 1.807) is 18.2 Å². The number of rotatable bonds is 3. The fraction of sp³-hybridized carbons (Fsp3) is 0.0769. The number of hydrogen-bond acceptors (Lipinski definition) is 1. The largest absolute Gasteiger partial charge is 0.429 e. The lowest BCUT2D eigenvalue weighted by atomic mass is 10.2. The highest BCUT2D eigenvalue weighted by Gasteiger charge is 2.34. The van der Waals surface area contributed by atoms with E-state index in [4.69, 9.17) is 11.6 Å². The van der Waals surface area contributed by atoms with E-state index >= 15 is 0 Å². The minimum absolute atomic E-state index is 0.118. The summed E-state index contributed by atoms with van der Waals surface area (Å²) >= 11 is 5.64. The van der Waals surface area contributed by atoms with E-state index in [1.807, 2.05) is 0 Å². The lowest BCUT2D eigenvalue weighted by molar-refractivity contribution is -0.185. The van der Waals surface area contributed by atoms with Crippen molar-refractivity contribution in [1.82, 2.24) is 0 Å². The van der Waals surface area contributed by atoms with Crippen LogP contribution in [0.1, 0.15) is 5.56 Å².